The zero-order valence-corrected chi connectivity index (χ0v) is 21.6. The Morgan fingerprint density at radius 2 is 1.78 bits per heavy atom. The van der Waals surface area contributed by atoms with Crippen molar-refractivity contribution in [2.75, 3.05) is 12.0 Å². The van der Waals surface area contributed by atoms with Gasteiger partial charge in [-0.3, -0.25) is 4.98 Å². The quantitative estimate of drug-likeness (QED) is 0.235. The molecule has 7 nitrogen and oxygen atoms in total. The molecule has 0 aliphatic carbocycles. The predicted octanol–water partition coefficient (Wildman–Crippen LogP) is 6.09. The van der Waals surface area contributed by atoms with Gasteiger partial charge in [0.05, 0.1) is 30.5 Å². The number of rotatable bonds is 7. The van der Waals surface area contributed by atoms with E-state index in [1.807, 2.05) is 80.6 Å². The Bertz CT molecular complexity index is 1380. The first-order valence-corrected chi connectivity index (χ1v) is 12.4. The molecule has 1 aliphatic heterocycles. The molecule has 1 N–H and O–H groups in total. The van der Waals surface area contributed by atoms with Gasteiger partial charge in [-0.15, -0.1) is 0 Å². The molecule has 1 fully saturated rings. The maximum absolute atomic E-state index is 11.8. The summed E-state index contributed by atoms with van der Waals surface area (Å²) in [5.41, 5.74) is 3.10. The van der Waals surface area contributed by atoms with E-state index in [1.165, 1.54) is 7.11 Å². The third kappa shape index (κ3) is 5.06. The van der Waals surface area contributed by atoms with Crippen LogP contribution in [0.2, 0.25) is 0 Å². The van der Waals surface area contributed by atoms with Crippen LogP contribution in [-0.2, 0) is 4.74 Å². The summed E-state index contributed by atoms with van der Waals surface area (Å²) in [4.78, 5) is 18.4. The number of furan rings is 1. The van der Waals surface area contributed by atoms with Crippen LogP contribution in [0.15, 0.2) is 89.5 Å². The molecule has 2 aromatic heterocycles. The van der Waals surface area contributed by atoms with Crippen molar-refractivity contribution in [1.82, 2.24) is 10.3 Å². The molecule has 2 atom stereocenters. The van der Waals surface area contributed by atoms with Crippen LogP contribution < -0.4 is 15.0 Å². The number of hydrogen-bond acceptors (Lipinski definition) is 6. The molecule has 37 heavy (non-hydrogen) atoms. The third-order valence-corrected chi connectivity index (χ3v) is 6.41. The highest BCUT2D eigenvalue weighted by atomic mass is 32.1. The van der Waals surface area contributed by atoms with Crippen molar-refractivity contribution in [3.05, 3.63) is 102 Å². The lowest BCUT2D eigenvalue weighted by Crippen LogP contribution is -2.29. The first kappa shape index (κ1) is 24.5. The number of nitrogens with zero attached hydrogens (tertiary/aromatic N) is 2. The van der Waals surface area contributed by atoms with E-state index in [-0.39, 0.29) is 24.2 Å². The number of ether oxygens (including phenoxy) is 2. The number of pyridine rings is 1. The number of carbonyl (C=O) groups excluding carboxylic acids is 1. The minimum atomic E-state index is -0.379. The molecular formula is C29H27N3O4S. The normalized spacial score (nSPS) is 17.1. The Kier molecular flexibility index (Phi) is 6.92. The lowest BCUT2D eigenvalue weighted by molar-refractivity contribution is 0.0600. The number of aromatic nitrogens is 1. The zero-order chi connectivity index (χ0) is 25.9. The molecule has 0 radical (unpaired) electrons. The van der Waals surface area contributed by atoms with Crippen LogP contribution in [0.5, 0.6) is 5.75 Å². The summed E-state index contributed by atoms with van der Waals surface area (Å²) in [6, 6.07) is 24.2. The first-order chi connectivity index (χ1) is 17.9. The molecule has 0 unspecified atom stereocenters. The van der Waals surface area contributed by atoms with E-state index in [1.54, 1.807) is 18.3 Å². The Morgan fingerprint density at radius 3 is 2.43 bits per heavy atom. The Balaban J connectivity index is 1.51. The lowest BCUT2D eigenvalue weighted by Gasteiger charge is -2.26. The third-order valence-electron chi connectivity index (χ3n) is 6.09. The summed E-state index contributed by atoms with van der Waals surface area (Å²) in [6.07, 6.45) is 1.86. The molecule has 4 aromatic rings. The second-order valence-corrected chi connectivity index (χ2v) is 9.31. The Morgan fingerprint density at radius 1 is 1.03 bits per heavy atom. The van der Waals surface area contributed by atoms with Crippen LogP contribution in [0.1, 0.15) is 47.7 Å². The van der Waals surface area contributed by atoms with Gasteiger partial charge in [0.25, 0.3) is 0 Å². The van der Waals surface area contributed by atoms with E-state index in [2.05, 4.69) is 15.2 Å². The standard InChI is InChI=1S/C29H27N3O4S/c1-18(2)35-22-13-11-21(12-14-22)32-27(26(31-29(32)37)23-6-4-5-17-30-23)25-16-15-24(36-25)19-7-9-20(10-8-19)28(33)34-3/h4-18,26-27H,1-3H3,(H,31,37)/t26-,27-/m1/s1. The van der Waals surface area contributed by atoms with Gasteiger partial charge in [0.1, 0.15) is 23.3 Å². The van der Waals surface area contributed by atoms with Gasteiger partial charge in [-0.1, -0.05) is 18.2 Å². The van der Waals surface area contributed by atoms with E-state index >= 15 is 0 Å². The summed E-state index contributed by atoms with van der Waals surface area (Å²) < 4.78 is 17.0. The van der Waals surface area contributed by atoms with Crippen molar-refractivity contribution in [3.8, 4) is 17.1 Å². The van der Waals surface area contributed by atoms with Crippen LogP contribution in [0.25, 0.3) is 11.3 Å². The van der Waals surface area contributed by atoms with Crippen molar-refractivity contribution >= 4 is 29.0 Å². The predicted molar refractivity (Wildman–Crippen MR) is 146 cm³/mol. The van der Waals surface area contributed by atoms with Crippen molar-refractivity contribution in [2.24, 2.45) is 0 Å². The molecule has 0 bridgehead atoms. The second-order valence-electron chi connectivity index (χ2n) is 8.93. The highest BCUT2D eigenvalue weighted by molar-refractivity contribution is 7.80. The fraction of sp³-hybridized carbons (Fsp3) is 0.207. The van der Waals surface area contributed by atoms with E-state index in [0.717, 1.165) is 28.5 Å². The fourth-order valence-corrected chi connectivity index (χ4v) is 4.78. The molecule has 1 aliphatic rings. The van der Waals surface area contributed by atoms with Crippen LogP contribution in [-0.4, -0.2) is 29.3 Å². The van der Waals surface area contributed by atoms with Crippen molar-refractivity contribution in [3.63, 3.8) is 0 Å². The summed E-state index contributed by atoms with van der Waals surface area (Å²) >= 11 is 5.80. The summed E-state index contributed by atoms with van der Waals surface area (Å²) in [6.45, 7) is 4.00. The highest BCUT2D eigenvalue weighted by Gasteiger charge is 2.42. The van der Waals surface area contributed by atoms with E-state index in [4.69, 9.17) is 26.1 Å². The smallest absolute Gasteiger partial charge is 0.337 e. The van der Waals surface area contributed by atoms with Gasteiger partial charge in [-0.25, -0.2) is 4.79 Å². The van der Waals surface area contributed by atoms with Crippen LogP contribution in [0.3, 0.4) is 0 Å². The number of nitrogens with one attached hydrogen (secondary N) is 1. The molecular weight excluding hydrogens is 486 g/mol. The number of methoxy groups -OCH3 is 1. The topological polar surface area (TPSA) is 76.8 Å². The Hall–Kier alpha value is -4.17. The van der Waals surface area contributed by atoms with E-state index < -0.39 is 0 Å². The van der Waals surface area contributed by atoms with Gasteiger partial charge in [-0.05, 0) is 86.7 Å². The monoisotopic (exact) mass is 513 g/mol. The molecule has 0 saturated carbocycles. The summed E-state index contributed by atoms with van der Waals surface area (Å²) in [5, 5.41) is 4.02. The van der Waals surface area contributed by atoms with Gasteiger partial charge in [0, 0.05) is 17.4 Å². The minimum Gasteiger partial charge on any atom is -0.491 e. The number of esters is 1. The molecule has 8 heteroatoms. The van der Waals surface area contributed by atoms with Crippen LogP contribution in [0, 0.1) is 0 Å². The first-order valence-electron chi connectivity index (χ1n) is 12.0. The molecule has 0 amide bonds. The van der Waals surface area contributed by atoms with Gasteiger partial charge in [-0.2, -0.15) is 0 Å². The number of hydrogen-bond donors (Lipinski definition) is 1. The van der Waals surface area contributed by atoms with E-state index in [0.29, 0.717) is 16.4 Å². The largest absolute Gasteiger partial charge is 0.491 e. The number of carbonyl (C=O) groups is 1. The molecule has 0 spiro atoms. The number of thiocarbonyl (C=S) groups is 1. The molecule has 2 aromatic carbocycles. The summed E-state index contributed by atoms with van der Waals surface area (Å²) in [7, 11) is 1.36. The molecule has 1 saturated heterocycles. The van der Waals surface area contributed by atoms with Gasteiger partial charge in [0.2, 0.25) is 0 Å². The van der Waals surface area contributed by atoms with Crippen molar-refractivity contribution < 1.29 is 18.7 Å². The molecule has 5 rings (SSSR count). The molecule has 188 valence electrons. The Labute approximate surface area is 221 Å². The molecule has 3 heterocycles. The van der Waals surface area contributed by atoms with Gasteiger partial charge in [0.15, 0.2) is 5.11 Å². The number of benzene rings is 2. The average Bonchev–Trinajstić information content (AvgIpc) is 3.54. The lowest BCUT2D eigenvalue weighted by atomic mass is 10.0. The fourth-order valence-electron chi connectivity index (χ4n) is 4.43. The van der Waals surface area contributed by atoms with Crippen LogP contribution >= 0.6 is 12.2 Å². The van der Waals surface area contributed by atoms with Crippen LogP contribution in [0.4, 0.5) is 5.69 Å². The van der Waals surface area contributed by atoms with Gasteiger partial charge < -0.3 is 24.1 Å². The van der Waals surface area contributed by atoms with Crippen molar-refractivity contribution in [1.29, 1.82) is 0 Å². The second kappa shape index (κ2) is 10.4. The number of anilines is 1. The van der Waals surface area contributed by atoms with Crippen molar-refractivity contribution in [2.45, 2.75) is 32.0 Å². The average molecular weight is 514 g/mol. The summed E-state index contributed by atoms with van der Waals surface area (Å²) in [5.74, 6) is 1.84. The van der Waals surface area contributed by atoms with E-state index in [9.17, 15) is 4.79 Å². The zero-order valence-electron chi connectivity index (χ0n) is 20.8. The maximum atomic E-state index is 11.8. The SMILES string of the molecule is COC(=O)c1ccc(-c2ccc([C@@H]3[C@@H](c4ccccn4)NC(=S)N3c3ccc(OC(C)C)cc3)o2)cc1. The van der Waals surface area contributed by atoms with Gasteiger partial charge >= 0.3 is 5.97 Å². The minimum absolute atomic E-state index is 0.0879. The maximum Gasteiger partial charge on any atom is 0.337 e. The highest BCUT2D eigenvalue weighted by Crippen LogP contribution is 2.43.